The predicted molar refractivity (Wildman–Crippen MR) is 62.3 cm³/mol. The maximum atomic E-state index is 13.4. The summed E-state index contributed by atoms with van der Waals surface area (Å²) in [6.07, 6.45) is 0.961. The SMILES string of the molecule is CCCN1CC(=O)Nc2cc(F)c(C)cc21. The molecule has 4 heteroatoms. The number of nitrogens with zero attached hydrogens (tertiary/aromatic N) is 1. The standard InChI is InChI=1S/C12H15FN2O/c1-3-4-15-7-12(16)14-10-6-9(13)8(2)5-11(10)15/h5-6H,3-4,7H2,1-2H3,(H,14,16). The molecule has 0 aromatic heterocycles. The molecule has 16 heavy (non-hydrogen) atoms. The summed E-state index contributed by atoms with van der Waals surface area (Å²) in [5, 5.41) is 2.70. The van der Waals surface area contributed by atoms with Gasteiger partial charge in [-0.3, -0.25) is 4.79 Å². The first-order chi connectivity index (χ1) is 7.61. The third-order valence-corrected chi connectivity index (χ3v) is 2.72. The smallest absolute Gasteiger partial charge is 0.243 e. The average Bonchev–Trinajstić information content (AvgIpc) is 2.21. The largest absolute Gasteiger partial charge is 0.361 e. The van der Waals surface area contributed by atoms with Crippen LogP contribution in [0.15, 0.2) is 12.1 Å². The number of benzene rings is 1. The van der Waals surface area contributed by atoms with Crippen molar-refractivity contribution >= 4 is 17.3 Å². The summed E-state index contributed by atoms with van der Waals surface area (Å²) >= 11 is 0. The van der Waals surface area contributed by atoms with E-state index in [1.165, 1.54) is 6.07 Å². The van der Waals surface area contributed by atoms with Gasteiger partial charge in [-0.2, -0.15) is 0 Å². The summed E-state index contributed by atoms with van der Waals surface area (Å²) in [6.45, 7) is 4.95. The van der Waals surface area contributed by atoms with E-state index in [9.17, 15) is 9.18 Å². The summed E-state index contributed by atoms with van der Waals surface area (Å²) in [6, 6.07) is 3.18. The van der Waals surface area contributed by atoms with Crippen molar-refractivity contribution in [2.24, 2.45) is 0 Å². The molecule has 0 atom stereocenters. The molecule has 2 rings (SSSR count). The number of hydrogen-bond donors (Lipinski definition) is 1. The van der Waals surface area contributed by atoms with Crippen LogP contribution in [0.3, 0.4) is 0 Å². The fraction of sp³-hybridized carbons (Fsp3) is 0.417. The van der Waals surface area contributed by atoms with Crippen LogP contribution in [0.4, 0.5) is 15.8 Å². The van der Waals surface area contributed by atoms with Gasteiger partial charge in [0.05, 0.1) is 17.9 Å². The van der Waals surface area contributed by atoms with Crippen molar-refractivity contribution in [3.8, 4) is 0 Å². The molecule has 0 fully saturated rings. The first-order valence-electron chi connectivity index (χ1n) is 5.46. The predicted octanol–water partition coefficient (Wildman–Crippen LogP) is 2.30. The van der Waals surface area contributed by atoms with E-state index in [0.717, 1.165) is 18.7 Å². The number of nitrogens with one attached hydrogen (secondary N) is 1. The third-order valence-electron chi connectivity index (χ3n) is 2.72. The molecule has 86 valence electrons. The molecule has 0 aliphatic carbocycles. The van der Waals surface area contributed by atoms with Gasteiger partial charge in [0.1, 0.15) is 5.82 Å². The Morgan fingerprint density at radius 3 is 2.94 bits per heavy atom. The molecule has 1 aromatic carbocycles. The Kier molecular flexibility index (Phi) is 2.81. The second-order valence-electron chi connectivity index (χ2n) is 4.09. The summed E-state index contributed by atoms with van der Waals surface area (Å²) in [7, 11) is 0. The minimum atomic E-state index is -0.280. The highest BCUT2D eigenvalue weighted by molar-refractivity contribution is 6.01. The first-order valence-corrected chi connectivity index (χ1v) is 5.46. The van der Waals surface area contributed by atoms with E-state index in [-0.39, 0.29) is 11.7 Å². The maximum absolute atomic E-state index is 13.4. The summed E-state index contributed by atoms with van der Waals surface area (Å²) in [4.78, 5) is 13.4. The van der Waals surface area contributed by atoms with Crippen molar-refractivity contribution in [2.45, 2.75) is 20.3 Å². The van der Waals surface area contributed by atoms with E-state index in [0.29, 0.717) is 17.8 Å². The normalized spacial score (nSPS) is 14.7. The van der Waals surface area contributed by atoms with Crippen molar-refractivity contribution < 1.29 is 9.18 Å². The van der Waals surface area contributed by atoms with Crippen molar-refractivity contribution in [2.75, 3.05) is 23.3 Å². The van der Waals surface area contributed by atoms with Crippen molar-refractivity contribution in [1.29, 1.82) is 0 Å². The summed E-state index contributed by atoms with van der Waals surface area (Å²) in [5.41, 5.74) is 2.10. The zero-order valence-corrected chi connectivity index (χ0v) is 9.51. The van der Waals surface area contributed by atoms with Crippen LogP contribution in [-0.2, 0) is 4.79 Å². The fourth-order valence-electron chi connectivity index (χ4n) is 1.95. The van der Waals surface area contributed by atoms with E-state index in [1.54, 1.807) is 13.0 Å². The Hall–Kier alpha value is -1.58. The fourth-order valence-corrected chi connectivity index (χ4v) is 1.95. The molecule has 1 aromatic rings. The average molecular weight is 222 g/mol. The second-order valence-corrected chi connectivity index (χ2v) is 4.09. The zero-order chi connectivity index (χ0) is 11.7. The van der Waals surface area contributed by atoms with Crippen LogP contribution < -0.4 is 10.2 Å². The Balaban J connectivity index is 2.44. The Bertz CT molecular complexity index is 431. The number of amides is 1. The first kappa shape index (κ1) is 10.9. The summed E-state index contributed by atoms with van der Waals surface area (Å²) < 4.78 is 13.4. The van der Waals surface area contributed by atoms with Gasteiger partial charge in [0.25, 0.3) is 0 Å². The lowest BCUT2D eigenvalue weighted by molar-refractivity contribution is -0.115. The van der Waals surface area contributed by atoms with Gasteiger partial charge >= 0.3 is 0 Å². The number of fused-ring (bicyclic) bond motifs is 1. The van der Waals surface area contributed by atoms with E-state index in [4.69, 9.17) is 0 Å². The van der Waals surface area contributed by atoms with E-state index < -0.39 is 0 Å². The zero-order valence-electron chi connectivity index (χ0n) is 9.51. The van der Waals surface area contributed by atoms with Gasteiger partial charge in [-0.25, -0.2) is 4.39 Å². The lowest BCUT2D eigenvalue weighted by atomic mass is 10.1. The highest BCUT2D eigenvalue weighted by Gasteiger charge is 2.22. The molecule has 1 amide bonds. The lowest BCUT2D eigenvalue weighted by Crippen LogP contribution is -2.38. The molecular formula is C12H15FN2O. The van der Waals surface area contributed by atoms with Crippen LogP contribution in [0, 0.1) is 12.7 Å². The van der Waals surface area contributed by atoms with E-state index in [1.807, 2.05) is 4.90 Å². The van der Waals surface area contributed by atoms with Crippen molar-refractivity contribution in [3.05, 3.63) is 23.5 Å². The molecule has 0 saturated carbocycles. The number of carbonyl (C=O) groups excluding carboxylic acids is 1. The van der Waals surface area contributed by atoms with Crippen LogP contribution >= 0.6 is 0 Å². The number of aryl methyl sites for hydroxylation is 1. The van der Waals surface area contributed by atoms with Gasteiger partial charge in [0, 0.05) is 6.54 Å². The molecule has 0 spiro atoms. The minimum absolute atomic E-state index is 0.0794. The van der Waals surface area contributed by atoms with Crippen LogP contribution in [0.1, 0.15) is 18.9 Å². The van der Waals surface area contributed by atoms with E-state index >= 15 is 0 Å². The van der Waals surface area contributed by atoms with E-state index in [2.05, 4.69) is 12.2 Å². The molecule has 0 bridgehead atoms. The van der Waals surface area contributed by atoms with Crippen LogP contribution in [-0.4, -0.2) is 19.0 Å². The topological polar surface area (TPSA) is 32.3 Å². The van der Waals surface area contributed by atoms with Gasteiger partial charge in [0.2, 0.25) is 5.91 Å². The Labute approximate surface area is 94.3 Å². The number of carbonyl (C=O) groups is 1. The van der Waals surface area contributed by atoms with Gasteiger partial charge in [-0.15, -0.1) is 0 Å². The molecule has 1 aliphatic heterocycles. The van der Waals surface area contributed by atoms with Crippen molar-refractivity contribution in [1.82, 2.24) is 0 Å². The lowest BCUT2D eigenvalue weighted by Gasteiger charge is -2.31. The highest BCUT2D eigenvalue weighted by Crippen LogP contribution is 2.31. The number of halogens is 1. The second kappa shape index (κ2) is 4.12. The third kappa shape index (κ3) is 1.87. The van der Waals surface area contributed by atoms with Gasteiger partial charge in [-0.1, -0.05) is 6.92 Å². The van der Waals surface area contributed by atoms with Crippen molar-refractivity contribution in [3.63, 3.8) is 0 Å². The molecule has 1 heterocycles. The molecule has 1 aliphatic rings. The highest BCUT2D eigenvalue weighted by atomic mass is 19.1. The molecule has 0 saturated heterocycles. The number of hydrogen-bond acceptors (Lipinski definition) is 2. The number of anilines is 2. The quantitative estimate of drug-likeness (QED) is 0.832. The van der Waals surface area contributed by atoms with Gasteiger partial charge < -0.3 is 10.2 Å². The summed E-state index contributed by atoms with van der Waals surface area (Å²) in [5.74, 6) is -0.360. The van der Waals surface area contributed by atoms with Gasteiger partial charge in [-0.05, 0) is 31.0 Å². The van der Waals surface area contributed by atoms with Gasteiger partial charge in [0.15, 0.2) is 0 Å². The Morgan fingerprint density at radius 2 is 2.25 bits per heavy atom. The Morgan fingerprint density at radius 1 is 1.50 bits per heavy atom. The van der Waals surface area contributed by atoms with Crippen LogP contribution in [0.2, 0.25) is 0 Å². The van der Waals surface area contributed by atoms with Crippen LogP contribution in [0.25, 0.3) is 0 Å². The van der Waals surface area contributed by atoms with Crippen LogP contribution in [0.5, 0.6) is 0 Å². The maximum Gasteiger partial charge on any atom is 0.243 e. The monoisotopic (exact) mass is 222 g/mol. The molecule has 0 unspecified atom stereocenters. The number of rotatable bonds is 2. The molecule has 1 N–H and O–H groups in total. The molecular weight excluding hydrogens is 207 g/mol. The minimum Gasteiger partial charge on any atom is -0.361 e. The molecule has 3 nitrogen and oxygen atoms in total. The molecule has 0 radical (unpaired) electrons.